The van der Waals surface area contributed by atoms with Gasteiger partial charge in [-0.05, 0) is 43.0 Å². The number of aryl methyl sites for hydroxylation is 1. The van der Waals surface area contributed by atoms with Gasteiger partial charge in [0, 0.05) is 23.8 Å². The largest absolute Gasteiger partial charge is 0.324 e. The van der Waals surface area contributed by atoms with E-state index < -0.39 is 0 Å². The first-order valence-corrected chi connectivity index (χ1v) is 7.40. The van der Waals surface area contributed by atoms with Gasteiger partial charge in [0.15, 0.2) is 0 Å². The van der Waals surface area contributed by atoms with Crippen molar-refractivity contribution >= 4 is 11.6 Å². The molecular formula is C18H20N2O. The van der Waals surface area contributed by atoms with Crippen LogP contribution in [0.1, 0.15) is 40.4 Å². The first-order chi connectivity index (χ1) is 10.2. The third-order valence-corrected chi connectivity index (χ3v) is 4.14. The molecular weight excluding hydrogens is 260 g/mol. The van der Waals surface area contributed by atoms with Crippen molar-refractivity contribution in [3.63, 3.8) is 0 Å². The van der Waals surface area contributed by atoms with Crippen LogP contribution in [-0.2, 0) is 0 Å². The molecule has 3 nitrogen and oxygen atoms in total. The van der Waals surface area contributed by atoms with Crippen LogP contribution >= 0.6 is 0 Å². The summed E-state index contributed by atoms with van der Waals surface area (Å²) in [4.78, 5) is 14.8. The molecule has 108 valence electrons. The van der Waals surface area contributed by atoms with Gasteiger partial charge in [0.2, 0.25) is 0 Å². The maximum Gasteiger partial charge on any atom is 0.258 e. The lowest BCUT2D eigenvalue weighted by Gasteiger charge is -2.24. The average Bonchev–Trinajstić information content (AvgIpc) is 2.67. The first kappa shape index (κ1) is 13.8. The van der Waals surface area contributed by atoms with Crippen molar-refractivity contribution in [1.82, 2.24) is 0 Å². The van der Waals surface area contributed by atoms with Crippen LogP contribution in [-0.4, -0.2) is 12.5 Å². The Kier molecular flexibility index (Phi) is 3.76. The maximum atomic E-state index is 12.9. The fourth-order valence-electron chi connectivity index (χ4n) is 2.96. The molecule has 2 aromatic rings. The number of para-hydroxylation sites is 1. The fourth-order valence-corrected chi connectivity index (χ4v) is 2.96. The Hall–Kier alpha value is -2.13. The van der Waals surface area contributed by atoms with E-state index in [0.717, 1.165) is 41.8 Å². The van der Waals surface area contributed by atoms with Gasteiger partial charge in [-0.3, -0.25) is 4.79 Å². The standard InChI is InChI=1S/C18H20N2O/c1-13-7-2-3-8-14(13)18(21)20-12-6-10-16(19)15-9-4-5-11-17(15)20/h2-5,7-9,11,16H,6,10,12,19H2,1H3. The Balaban J connectivity index is 2.04. The molecule has 0 spiro atoms. The SMILES string of the molecule is Cc1ccccc1C(=O)N1CCCC(N)c2ccccc21. The van der Waals surface area contributed by atoms with Crippen LogP contribution in [0.5, 0.6) is 0 Å². The molecule has 0 saturated carbocycles. The molecule has 1 unspecified atom stereocenters. The molecule has 2 N–H and O–H groups in total. The van der Waals surface area contributed by atoms with Crippen molar-refractivity contribution in [3.05, 3.63) is 65.2 Å². The molecule has 1 aliphatic heterocycles. The van der Waals surface area contributed by atoms with Gasteiger partial charge in [-0.2, -0.15) is 0 Å². The van der Waals surface area contributed by atoms with Gasteiger partial charge in [0.25, 0.3) is 5.91 Å². The number of carbonyl (C=O) groups excluding carboxylic acids is 1. The number of hydrogen-bond acceptors (Lipinski definition) is 2. The predicted molar refractivity (Wildman–Crippen MR) is 85.5 cm³/mol. The minimum atomic E-state index is 0.0101. The van der Waals surface area contributed by atoms with Crippen molar-refractivity contribution in [1.29, 1.82) is 0 Å². The van der Waals surface area contributed by atoms with E-state index in [4.69, 9.17) is 5.73 Å². The lowest BCUT2D eigenvalue weighted by Crippen LogP contribution is -2.32. The Labute approximate surface area is 125 Å². The molecule has 21 heavy (non-hydrogen) atoms. The monoisotopic (exact) mass is 280 g/mol. The van der Waals surface area contributed by atoms with Crippen molar-refractivity contribution in [3.8, 4) is 0 Å². The van der Waals surface area contributed by atoms with Gasteiger partial charge >= 0.3 is 0 Å². The van der Waals surface area contributed by atoms with Crippen LogP contribution in [0.4, 0.5) is 5.69 Å². The number of nitrogens with zero attached hydrogens (tertiary/aromatic N) is 1. The zero-order valence-electron chi connectivity index (χ0n) is 12.3. The number of benzene rings is 2. The Morgan fingerprint density at radius 1 is 1.14 bits per heavy atom. The molecule has 0 aromatic heterocycles. The molecule has 0 bridgehead atoms. The van der Waals surface area contributed by atoms with E-state index >= 15 is 0 Å². The summed E-state index contributed by atoms with van der Waals surface area (Å²) < 4.78 is 0. The van der Waals surface area contributed by atoms with Crippen LogP contribution in [0.15, 0.2) is 48.5 Å². The second-order valence-corrected chi connectivity index (χ2v) is 5.58. The molecule has 0 aliphatic carbocycles. The smallest absolute Gasteiger partial charge is 0.258 e. The van der Waals surface area contributed by atoms with Crippen LogP contribution in [0.3, 0.4) is 0 Å². The van der Waals surface area contributed by atoms with E-state index in [0.29, 0.717) is 0 Å². The zero-order valence-corrected chi connectivity index (χ0v) is 12.3. The number of rotatable bonds is 1. The average molecular weight is 280 g/mol. The first-order valence-electron chi connectivity index (χ1n) is 7.40. The molecule has 1 aliphatic rings. The molecule has 3 heteroatoms. The van der Waals surface area contributed by atoms with Crippen LogP contribution in [0.2, 0.25) is 0 Å². The molecule has 2 aromatic carbocycles. The van der Waals surface area contributed by atoms with Crippen molar-refractivity contribution in [2.75, 3.05) is 11.4 Å². The molecule has 1 atom stereocenters. The zero-order chi connectivity index (χ0) is 14.8. The lowest BCUT2D eigenvalue weighted by molar-refractivity contribution is 0.0986. The summed E-state index contributed by atoms with van der Waals surface area (Å²) in [5, 5.41) is 0. The second kappa shape index (κ2) is 5.70. The topological polar surface area (TPSA) is 46.3 Å². The number of hydrogen-bond donors (Lipinski definition) is 1. The number of anilines is 1. The highest BCUT2D eigenvalue weighted by molar-refractivity contribution is 6.07. The third-order valence-electron chi connectivity index (χ3n) is 4.14. The quantitative estimate of drug-likeness (QED) is 0.869. The summed E-state index contributed by atoms with van der Waals surface area (Å²) in [6.07, 6.45) is 1.84. The minimum Gasteiger partial charge on any atom is -0.324 e. The van der Waals surface area contributed by atoms with E-state index in [1.807, 2.05) is 60.4 Å². The van der Waals surface area contributed by atoms with E-state index in [9.17, 15) is 4.79 Å². The highest BCUT2D eigenvalue weighted by Gasteiger charge is 2.25. The van der Waals surface area contributed by atoms with Gasteiger partial charge in [-0.15, -0.1) is 0 Å². The van der Waals surface area contributed by atoms with Gasteiger partial charge in [0.05, 0.1) is 0 Å². The molecule has 3 rings (SSSR count). The van der Waals surface area contributed by atoms with E-state index in [1.165, 1.54) is 0 Å². The van der Waals surface area contributed by atoms with Crippen molar-refractivity contribution in [2.24, 2.45) is 5.73 Å². The molecule has 0 radical (unpaired) electrons. The summed E-state index contributed by atoms with van der Waals surface area (Å²) in [7, 11) is 0. The number of fused-ring (bicyclic) bond motifs is 1. The fraction of sp³-hybridized carbons (Fsp3) is 0.278. The van der Waals surface area contributed by atoms with Gasteiger partial charge in [-0.1, -0.05) is 36.4 Å². The van der Waals surface area contributed by atoms with Crippen molar-refractivity contribution in [2.45, 2.75) is 25.8 Å². The highest BCUT2D eigenvalue weighted by atomic mass is 16.2. The second-order valence-electron chi connectivity index (χ2n) is 5.58. The number of amides is 1. The van der Waals surface area contributed by atoms with Gasteiger partial charge < -0.3 is 10.6 Å². The molecule has 1 heterocycles. The van der Waals surface area contributed by atoms with E-state index in [1.54, 1.807) is 0 Å². The lowest BCUT2D eigenvalue weighted by atomic mass is 10.0. The van der Waals surface area contributed by atoms with Crippen LogP contribution in [0.25, 0.3) is 0 Å². The van der Waals surface area contributed by atoms with Gasteiger partial charge in [0.1, 0.15) is 0 Å². The van der Waals surface area contributed by atoms with Gasteiger partial charge in [-0.25, -0.2) is 0 Å². The summed E-state index contributed by atoms with van der Waals surface area (Å²) >= 11 is 0. The Bertz CT molecular complexity index is 666. The maximum absolute atomic E-state index is 12.9. The van der Waals surface area contributed by atoms with Crippen molar-refractivity contribution < 1.29 is 4.79 Å². The van der Waals surface area contributed by atoms with Crippen LogP contribution < -0.4 is 10.6 Å². The normalized spacial score (nSPS) is 18.0. The molecule has 1 amide bonds. The van der Waals surface area contributed by atoms with E-state index in [-0.39, 0.29) is 11.9 Å². The number of nitrogens with two attached hydrogens (primary N) is 1. The summed E-state index contributed by atoms with van der Waals surface area (Å²) in [6, 6.07) is 15.7. The molecule has 0 fully saturated rings. The van der Waals surface area contributed by atoms with E-state index in [2.05, 4.69) is 0 Å². The predicted octanol–water partition coefficient (Wildman–Crippen LogP) is 3.44. The molecule has 0 saturated heterocycles. The summed E-state index contributed by atoms with van der Waals surface area (Å²) in [5.74, 6) is 0.0645. The summed E-state index contributed by atoms with van der Waals surface area (Å²) in [6.45, 7) is 2.70. The third kappa shape index (κ3) is 2.57. The Morgan fingerprint density at radius 3 is 2.67 bits per heavy atom. The summed E-state index contributed by atoms with van der Waals surface area (Å²) in [5.41, 5.74) is 10.0. The minimum absolute atomic E-state index is 0.0101. The van der Waals surface area contributed by atoms with Crippen LogP contribution in [0, 0.1) is 6.92 Å². The Morgan fingerprint density at radius 2 is 1.86 bits per heavy atom. The number of carbonyl (C=O) groups is 1. The highest BCUT2D eigenvalue weighted by Crippen LogP contribution is 2.32.